The van der Waals surface area contributed by atoms with Gasteiger partial charge < -0.3 is 14.2 Å². The van der Waals surface area contributed by atoms with Crippen LogP contribution in [-0.4, -0.2) is 37.2 Å². The summed E-state index contributed by atoms with van der Waals surface area (Å²) in [5, 5.41) is 0. The van der Waals surface area contributed by atoms with Gasteiger partial charge in [0.05, 0.1) is 0 Å². The Balaban J connectivity index is 4.30. The Kier molecular flexibility index (Phi) is 52.3. The molecule has 65 heavy (non-hydrogen) atoms. The molecule has 0 amide bonds. The van der Waals surface area contributed by atoms with E-state index in [9.17, 15) is 14.4 Å². The first-order valence-electron chi connectivity index (χ1n) is 28.5. The Morgan fingerprint density at radius 1 is 0.308 bits per heavy atom. The highest BCUT2D eigenvalue weighted by Crippen LogP contribution is 2.16. The highest BCUT2D eigenvalue weighted by Gasteiger charge is 2.19. The largest absolute Gasteiger partial charge is 0.462 e. The Labute approximate surface area is 404 Å². The molecular formula is C59H108O6. The molecule has 0 aliphatic heterocycles. The molecule has 0 radical (unpaired) electrons. The van der Waals surface area contributed by atoms with Crippen LogP contribution < -0.4 is 0 Å². The maximum atomic E-state index is 12.8. The second-order valence-electron chi connectivity index (χ2n) is 19.2. The van der Waals surface area contributed by atoms with E-state index in [2.05, 4.69) is 57.2 Å². The molecule has 0 saturated carbocycles. The van der Waals surface area contributed by atoms with Gasteiger partial charge in [-0.25, -0.2) is 0 Å². The fourth-order valence-corrected chi connectivity index (χ4v) is 8.28. The molecule has 1 atom stereocenters. The van der Waals surface area contributed by atoms with Crippen molar-refractivity contribution in [3.63, 3.8) is 0 Å². The topological polar surface area (TPSA) is 78.9 Å². The van der Waals surface area contributed by atoms with Crippen LogP contribution in [0.1, 0.15) is 303 Å². The van der Waals surface area contributed by atoms with Gasteiger partial charge in [0.1, 0.15) is 13.2 Å². The third kappa shape index (κ3) is 52.5. The number of hydrogen-bond donors (Lipinski definition) is 0. The van der Waals surface area contributed by atoms with E-state index >= 15 is 0 Å². The fraction of sp³-hybridized carbons (Fsp3) is 0.847. The van der Waals surface area contributed by atoms with Gasteiger partial charge in [-0.3, -0.25) is 14.4 Å². The molecule has 0 saturated heterocycles. The lowest BCUT2D eigenvalue weighted by molar-refractivity contribution is -0.167. The van der Waals surface area contributed by atoms with Crippen LogP contribution in [-0.2, 0) is 28.6 Å². The molecule has 6 heteroatoms. The quantitative estimate of drug-likeness (QED) is 0.0262. The third-order valence-corrected chi connectivity index (χ3v) is 12.6. The molecule has 0 aliphatic carbocycles. The van der Waals surface area contributed by atoms with E-state index in [0.29, 0.717) is 19.3 Å². The van der Waals surface area contributed by atoms with Gasteiger partial charge in [0.15, 0.2) is 6.10 Å². The molecule has 0 bridgehead atoms. The number of rotatable bonds is 52. The Bertz CT molecular complexity index is 1090. The average molecular weight is 914 g/mol. The van der Waals surface area contributed by atoms with Crippen LogP contribution in [0, 0.1) is 0 Å². The minimum atomic E-state index is -0.773. The van der Waals surface area contributed by atoms with Gasteiger partial charge >= 0.3 is 17.9 Å². The van der Waals surface area contributed by atoms with Gasteiger partial charge in [-0.1, -0.05) is 250 Å². The van der Waals surface area contributed by atoms with Gasteiger partial charge in [0.25, 0.3) is 0 Å². The molecule has 0 rings (SSSR count). The lowest BCUT2D eigenvalue weighted by Gasteiger charge is -2.18. The van der Waals surface area contributed by atoms with Crippen molar-refractivity contribution in [3.8, 4) is 0 Å². The Morgan fingerprint density at radius 3 is 0.938 bits per heavy atom. The minimum absolute atomic E-state index is 0.0737. The number of allylic oxidation sites excluding steroid dienone is 6. The van der Waals surface area contributed by atoms with E-state index in [1.54, 1.807) is 0 Å². The number of carbonyl (C=O) groups excluding carboxylic acids is 3. The van der Waals surface area contributed by atoms with Crippen LogP contribution in [0.3, 0.4) is 0 Å². The van der Waals surface area contributed by atoms with E-state index < -0.39 is 6.10 Å². The lowest BCUT2D eigenvalue weighted by atomic mass is 10.0. The van der Waals surface area contributed by atoms with E-state index in [1.165, 1.54) is 193 Å². The number of carbonyl (C=O) groups is 3. The van der Waals surface area contributed by atoms with Gasteiger partial charge in [-0.15, -0.1) is 0 Å². The molecule has 0 N–H and O–H groups in total. The molecule has 0 fully saturated rings. The molecule has 0 aliphatic rings. The standard InChI is InChI=1S/C59H108O6/c1-4-7-10-13-16-19-22-24-26-28-29-31-32-34-37-40-43-46-49-52-58(61)64-55-56(54-63-57(60)51-48-45-42-39-36-21-18-15-12-9-6-3)65-59(62)53-50-47-44-41-38-35-33-30-27-25-23-20-17-14-11-8-5-2/h15-16,18-19,24,26,56H,4-14,17,20-23,25,27-55H2,1-3H3/b18-15-,19-16-,26-24-/t56-/m1/s1. The van der Waals surface area contributed by atoms with Crippen LogP contribution >= 0.6 is 0 Å². The first-order valence-corrected chi connectivity index (χ1v) is 28.5. The molecule has 380 valence electrons. The minimum Gasteiger partial charge on any atom is -0.462 e. The molecule has 0 heterocycles. The van der Waals surface area contributed by atoms with Gasteiger partial charge in [0.2, 0.25) is 0 Å². The third-order valence-electron chi connectivity index (χ3n) is 12.6. The smallest absolute Gasteiger partial charge is 0.306 e. The van der Waals surface area contributed by atoms with Gasteiger partial charge in [-0.2, -0.15) is 0 Å². The Hall–Kier alpha value is -2.37. The van der Waals surface area contributed by atoms with Crippen LogP contribution in [0.5, 0.6) is 0 Å². The van der Waals surface area contributed by atoms with E-state index in [0.717, 1.165) is 70.6 Å². The van der Waals surface area contributed by atoms with Crippen molar-refractivity contribution in [2.45, 2.75) is 309 Å². The molecule has 0 aromatic carbocycles. The predicted octanol–water partition coefficient (Wildman–Crippen LogP) is 18.9. The highest BCUT2D eigenvalue weighted by atomic mass is 16.6. The second kappa shape index (κ2) is 54.2. The van der Waals surface area contributed by atoms with Crippen molar-refractivity contribution >= 4 is 17.9 Å². The van der Waals surface area contributed by atoms with Gasteiger partial charge in [-0.05, 0) is 70.6 Å². The number of hydrogen-bond acceptors (Lipinski definition) is 6. The zero-order valence-corrected chi connectivity index (χ0v) is 43.5. The summed E-state index contributed by atoms with van der Waals surface area (Å²) in [6.07, 6.45) is 64.2. The van der Waals surface area contributed by atoms with Crippen LogP contribution in [0.25, 0.3) is 0 Å². The van der Waals surface area contributed by atoms with E-state index in [1.807, 2.05) is 0 Å². The van der Waals surface area contributed by atoms with Gasteiger partial charge in [0, 0.05) is 19.3 Å². The molecule has 6 nitrogen and oxygen atoms in total. The monoisotopic (exact) mass is 913 g/mol. The lowest BCUT2D eigenvalue weighted by Crippen LogP contribution is -2.30. The first-order chi connectivity index (χ1) is 32.0. The molecule has 0 aromatic heterocycles. The number of ether oxygens (including phenoxy) is 3. The maximum Gasteiger partial charge on any atom is 0.306 e. The van der Waals surface area contributed by atoms with Crippen LogP contribution in [0.15, 0.2) is 36.5 Å². The summed E-state index contributed by atoms with van der Waals surface area (Å²) in [5.41, 5.74) is 0. The van der Waals surface area contributed by atoms with Crippen molar-refractivity contribution in [1.29, 1.82) is 0 Å². The molecule has 0 unspecified atom stereocenters. The highest BCUT2D eigenvalue weighted by molar-refractivity contribution is 5.71. The molecular weight excluding hydrogens is 805 g/mol. The Morgan fingerprint density at radius 2 is 0.569 bits per heavy atom. The summed E-state index contributed by atoms with van der Waals surface area (Å²) < 4.78 is 16.8. The van der Waals surface area contributed by atoms with Crippen molar-refractivity contribution in [1.82, 2.24) is 0 Å². The number of unbranched alkanes of at least 4 members (excludes halogenated alkanes) is 35. The normalized spacial score (nSPS) is 12.2. The summed E-state index contributed by atoms with van der Waals surface area (Å²) in [4.78, 5) is 38.1. The predicted molar refractivity (Wildman–Crippen MR) is 279 cm³/mol. The van der Waals surface area contributed by atoms with Crippen LogP contribution in [0.2, 0.25) is 0 Å². The second-order valence-corrected chi connectivity index (χ2v) is 19.2. The zero-order chi connectivity index (χ0) is 47.2. The van der Waals surface area contributed by atoms with Crippen molar-refractivity contribution in [2.75, 3.05) is 13.2 Å². The SMILES string of the molecule is CCCC/C=C\CCCCCCCC(=O)OC[C@H](COC(=O)CCCCCCCCCCC/C=C\C/C=C\CCCCC)OC(=O)CCCCCCCCCCCCCCCCCCC. The maximum absolute atomic E-state index is 12.8. The van der Waals surface area contributed by atoms with E-state index in [-0.39, 0.29) is 31.1 Å². The summed E-state index contributed by atoms with van der Waals surface area (Å²) in [7, 11) is 0. The summed E-state index contributed by atoms with van der Waals surface area (Å²) >= 11 is 0. The molecule has 0 aromatic rings. The average Bonchev–Trinajstić information content (AvgIpc) is 3.30. The van der Waals surface area contributed by atoms with Crippen molar-refractivity contribution in [2.24, 2.45) is 0 Å². The van der Waals surface area contributed by atoms with E-state index in [4.69, 9.17) is 14.2 Å². The zero-order valence-electron chi connectivity index (χ0n) is 43.5. The number of esters is 3. The molecule has 0 spiro atoms. The van der Waals surface area contributed by atoms with Crippen LogP contribution in [0.4, 0.5) is 0 Å². The summed E-state index contributed by atoms with van der Waals surface area (Å²) in [5.74, 6) is -0.871. The van der Waals surface area contributed by atoms with Crippen molar-refractivity contribution in [3.05, 3.63) is 36.5 Å². The summed E-state index contributed by atoms with van der Waals surface area (Å²) in [6, 6.07) is 0. The summed E-state index contributed by atoms with van der Waals surface area (Å²) in [6.45, 7) is 6.60. The first kappa shape index (κ1) is 62.6. The van der Waals surface area contributed by atoms with Crippen molar-refractivity contribution < 1.29 is 28.6 Å². The fourth-order valence-electron chi connectivity index (χ4n) is 8.28.